The summed E-state index contributed by atoms with van der Waals surface area (Å²) >= 11 is 0. The minimum Gasteiger partial charge on any atom is -0.396 e. The van der Waals surface area contributed by atoms with Crippen molar-refractivity contribution >= 4 is 5.69 Å². The van der Waals surface area contributed by atoms with E-state index < -0.39 is 0 Å². The molecule has 0 aromatic heterocycles. The molecule has 1 heterocycles. The summed E-state index contributed by atoms with van der Waals surface area (Å²) in [6.45, 7) is 10.1. The molecule has 1 saturated heterocycles. The standard InChI is InChI=1S/C16H26N2O/c1-14(2)15(13-19)12-17-8-10-18(11-9-17)16-6-4-3-5-7-16/h3-7,14-15,19H,8-13H2,1-2H3. The van der Waals surface area contributed by atoms with Gasteiger partial charge in [-0.25, -0.2) is 0 Å². The molecule has 1 unspecified atom stereocenters. The van der Waals surface area contributed by atoms with Gasteiger partial charge >= 0.3 is 0 Å². The fourth-order valence-corrected chi connectivity index (χ4v) is 2.64. The Hall–Kier alpha value is -1.06. The summed E-state index contributed by atoms with van der Waals surface area (Å²) in [5, 5.41) is 9.42. The summed E-state index contributed by atoms with van der Waals surface area (Å²) in [4.78, 5) is 4.93. The van der Waals surface area contributed by atoms with Crippen molar-refractivity contribution in [1.82, 2.24) is 4.90 Å². The van der Waals surface area contributed by atoms with Crippen LogP contribution in [0.3, 0.4) is 0 Å². The van der Waals surface area contributed by atoms with E-state index in [2.05, 4.69) is 54.0 Å². The molecule has 106 valence electrons. The Labute approximate surface area is 116 Å². The molecular weight excluding hydrogens is 236 g/mol. The van der Waals surface area contributed by atoms with Crippen molar-refractivity contribution in [2.45, 2.75) is 13.8 Å². The van der Waals surface area contributed by atoms with Crippen LogP contribution >= 0.6 is 0 Å². The highest BCUT2D eigenvalue weighted by Gasteiger charge is 2.21. The second kappa shape index (κ2) is 6.92. The number of nitrogens with zero attached hydrogens (tertiary/aromatic N) is 2. The predicted molar refractivity (Wildman–Crippen MR) is 80.5 cm³/mol. The number of hydrogen-bond acceptors (Lipinski definition) is 3. The second-order valence-corrected chi connectivity index (χ2v) is 5.81. The number of piperazine rings is 1. The lowest BCUT2D eigenvalue weighted by atomic mass is 9.96. The van der Waals surface area contributed by atoms with Gasteiger partial charge in [-0.15, -0.1) is 0 Å². The predicted octanol–water partition coefficient (Wildman–Crippen LogP) is 2.07. The van der Waals surface area contributed by atoms with Crippen molar-refractivity contribution in [3.63, 3.8) is 0 Å². The van der Waals surface area contributed by atoms with Crippen molar-refractivity contribution in [1.29, 1.82) is 0 Å². The Morgan fingerprint density at radius 3 is 2.21 bits per heavy atom. The van der Waals surface area contributed by atoms with E-state index >= 15 is 0 Å². The first kappa shape index (κ1) is 14.4. The van der Waals surface area contributed by atoms with Gasteiger partial charge in [0.1, 0.15) is 0 Å². The lowest BCUT2D eigenvalue weighted by Crippen LogP contribution is -2.48. The highest BCUT2D eigenvalue weighted by Crippen LogP contribution is 2.17. The average molecular weight is 262 g/mol. The van der Waals surface area contributed by atoms with Gasteiger partial charge in [-0.1, -0.05) is 32.0 Å². The van der Waals surface area contributed by atoms with E-state index in [0.717, 1.165) is 32.7 Å². The van der Waals surface area contributed by atoms with E-state index in [1.54, 1.807) is 0 Å². The molecule has 1 aliphatic heterocycles. The molecular formula is C16H26N2O. The van der Waals surface area contributed by atoms with Crippen molar-refractivity contribution in [3.05, 3.63) is 30.3 Å². The van der Waals surface area contributed by atoms with Crippen LogP contribution in [0.1, 0.15) is 13.8 Å². The van der Waals surface area contributed by atoms with Gasteiger partial charge in [0, 0.05) is 45.0 Å². The molecule has 0 aliphatic carbocycles. The van der Waals surface area contributed by atoms with E-state index in [-0.39, 0.29) is 0 Å². The fourth-order valence-electron chi connectivity index (χ4n) is 2.64. The molecule has 1 atom stereocenters. The molecule has 0 spiro atoms. The van der Waals surface area contributed by atoms with E-state index in [1.807, 2.05) is 0 Å². The average Bonchev–Trinajstić information content (AvgIpc) is 2.46. The maximum atomic E-state index is 9.42. The number of rotatable bonds is 5. The zero-order chi connectivity index (χ0) is 13.7. The number of anilines is 1. The number of para-hydroxylation sites is 1. The molecule has 3 nitrogen and oxygen atoms in total. The third-order valence-corrected chi connectivity index (χ3v) is 4.16. The molecule has 0 radical (unpaired) electrons. The zero-order valence-electron chi connectivity index (χ0n) is 12.1. The molecule has 1 N–H and O–H groups in total. The monoisotopic (exact) mass is 262 g/mol. The minimum absolute atomic E-state index is 0.302. The molecule has 3 heteroatoms. The minimum atomic E-state index is 0.302. The van der Waals surface area contributed by atoms with Crippen LogP contribution in [0.15, 0.2) is 30.3 Å². The maximum absolute atomic E-state index is 9.42. The van der Waals surface area contributed by atoms with Crippen molar-refractivity contribution in [3.8, 4) is 0 Å². The molecule has 1 aromatic carbocycles. The van der Waals surface area contributed by atoms with Gasteiger partial charge in [0.05, 0.1) is 0 Å². The largest absolute Gasteiger partial charge is 0.396 e. The summed E-state index contributed by atoms with van der Waals surface area (Å²) in [7, 11) is 0. The molecule has 1 aliphatic rings. The first-order valence-electron chi connectivity index (χ1n) is 7.34. The topological polar surface area (TPSA) is 26.7 Å². The van der Waals surface area contributed by atoms with Crippen LogP contribution in [-0.2, 0) is 0 Å². The summed E-state index contributed by atoms with van der Waals surface area (Å²) in [5.74, 6) is 0.959. The molecule has 1 aromatic rings. The Bertz CT molecular complexity index is 358. The SMILES string of the molecule is CC(C)C(CO)CN1CCN(c2ccccc2)CC1. The van der Waals surface area contributed by atoms with E-state index in [9.17, 15) is 5.11 Å². The third kappa shape index (κ3) is 3.95. The molecule has 0 amide bonds. The molecule has 2 rings (SSSR count). The number of benzene rings is 1. The Kier molecular flexibility index (Phi) is 5.23. The van der Waals surface area contributed by atoms with Crippen molar-refractivity contribution < 1.29 is 5.11 Å². The van der Waals surface area contributed by atoms with Crippen LogP contribution in [0.2, 0.25) is 0 Å². The summed E-state index contributed by atoms with van der Waals surface area (Å²) in [6.07, 6.45) is 0. The van der Waals surface area contributed by atoms with Gasteiger partial charge < -0.3 is 10.0 Å². The highest BCUT2D eigenvalue weighted by atomic mass is 16.3. The first-order chi connectivity index (χ1) is 9.20. The van der Waals surface area contributed by atoms with Crippen molar-refractivity contribution in [2.24, 2.45) is 11.8 Å². The van der Waals surface area contributed by atoms with Crippen LogP contribution in [0.5, 0.6) is 0 Å². The maximum Gasteiger partial charge on any atom is 0.0473 e. The first-order valence-corrected chi connectivity index (χ1v) is 7.34. The second-order valence-electron chi connectivity index (χ2n) is 5.81. The zero-order valence-corrected chi connectivity index (χ0v) is 12.1. The Morgan fingerprint density at radius 1 is 1.05 bits per heavy atom. The van der Waals surface area contributed by atoms with Gasteiger partial charge in [0.25, 0.3) is 0 Å². The number of aliphatic hydroxyl groups excluding tert-OH is 1. The van der Waals surface area contributed by atoms with Gasteiger partial charge in [-0.3, -0.25) is 4.90 Å². The lowest BCUT2D eigenvalue weighted by Gasteiger charge is -2.38. The quantitative estimate of drug-likeness (QED) is 0.880. The van der Waals surface area contributed by atoms with Crippen molar-refractivity contribution in [2.75, 3.05) is 44.2 Å². The van der Waals surface area contributed by atoms with Crippen LogP contribution in [0.4, 0.5) is 5.69 Å². The van der Waals surface area contributed by atoms with Crippen LogP contribution in [-0.4, -0.2) is 49.3 Å². The Morgan fingerprint density at radius 2 is 1.68 bits per heavy atom. The molecule has 0 bridgehead atoms. The smallest absolute Gasteiger partial charge is 0.0473 e. The van der Waals surface area contributed by atoms with Gasteiger partial charge in [-0.05, 0) is 24.0 Å². The van der Waals surface area contributed by atoms with E-state index in [0.29, 0.717) is 18.4 Å². The van der Waals surface area contributed by atoms with E-state index in [4.69, 9.17) is 0 Å². The summed E-state index contributed by atoms with van der Waals surface area (Å²) in [6, 6.07) is 10.6. The fraction of sp³-hybridized carbons (Fsp3) is 0.625. The number of aliphatic hydroxyl groups is 1. The molecule has 1 fully saturated rings. The molecule has 0 saturated carbocycles. The van der Waals surface area contributed by atoms with Crippen LogP contribution in [0.25, 0.3) is 0 Å². The van der Waals surface area contributed by atoms with E-state index in [1.165, 1.54) is 5.69 Å². The van der Waals surface area contributed by atoms with Crippen LogP contribution < -0.4 is 4.90 Å². The molecule has 19 heavy (non-hydrogen) atoms. The lowest BCUT2D eigenvalue weighted by molar-refractivity contribution is 0.129. The number of hydrogen-bond donors (Lipinski definition) is 1. The Balaban J connectivity index is 1.82. The normalized spacial score (nSPS) is 18.8. The highest BCUT2D eigenvalue weighted by molar-refractivity contribution is 5.46. The summed E-state index contributed by atoms with van der Waals surface area (Å²) < 4.78 is 0. The van der Waals surface area contributed by atoms with Crippen LogP contribution in [0, 0.1) is 11.8 Å². The third-order valence-electron chi connectivity index (χ3n) is 4.16. The van der Waals surface area contributed by atoms with Gasteiger partial charge in [0.2, 0.25) is 0 Å². The summed E-state index contributed by atoms with van der Waals surface area (Å²) in [5.41, 5.74) is 1.32. The van der Waals surface area contributed by atoms with Gasteiger partial charge in [0.15, 0.2) is 0 Å². The van der Waals surface area contributed by atoms with Gasteiger partial charge in [-0.2, -0.15) is 0 Å².